The SMILES string of the molecule is COc1c([C@H]2CCCN2C(=O)c2ccc(C#N)cc2)c(C)nn1C. The molecule has 1 aromatic heterocycles. The van der Waals surface area contributed by atoms with Gasteiger partial charge in [0.25, 0.3) is 5.91 Å². The standard InChI is InChI=1S/C18H20N4O2/c1-12-16(18(24-3)21(2)20-12)15-5-4-10-22(15)17(23)14-8-6-13(11-19)7-9-14/h6-9,15H,4-5,10H2,1-3H3/t15-/m1/s1. The van der Waals surface area contributed by atoms with Gasteiger partial charge in [0, 0.05) is 19.2 Å². The first-order valence-corrected chi connectivity index (χ1v) is 7.95. The van der Waals surface area contributed by atoms with Crippen LogP contribution in [-0.2, 0) is 7.05 Å². The Bertz CT molecular complexity index is 802. The van der Waals surface area contributed by atoms with Gasteiger partial charge < -0.3 is 9.64 Å². The molecular weight excluding hydrogens is 304 g/mol. The Morgan fingerprint density at radius 2 is 2.08 bits per heavy atom. The minimum atomic E-state index is -0.0307. The van der Waals surface area contributed by atoms with Gasteiger partial charge in [0.1, 0.15) is 0 Å². The predicted octanol–water partition coefficient (Wildman–Crippen LogP) is 2.59. The number of nitrogens with zero attached hydrogens (tertiary/aromatic N) is 4. The third-order valence-corrected chi connectivity index (χ3v) is 4.52. The van der Waals surface area contributed by atoms with Crippen molar-refractivity contribution in [3.05, 3.63) is 46.6 Å². The molecule has 6 heteroatoms. The fraction of sp³-hybridized carbons (Fsp3) is 0.389. The first-order chi connectivity index (χ1) is 11.6. The van der Waals surface area contributed by atoms with Gasteiger partial charge in [-0.05, 0) is 44.0 Å². The Labute approximate surface area is 141 Å². The number of nitriles is 1. The first-order valence-electron chi connectivity index (χ1n) is 7.95. The summed E-state index contributed by atoms with van der Waals surface area (Å²) in [5.41, 5.74) is 3.02. The molecule has 1 aliphatic heterocycles. The second-order valence-corrected chi connectivity index (χ2v) is 5.98. The van der Waals surface area contributed by atoms with Gasteiger partial charge in [0.05, 0.1) is 36.0 Å². The number of hydrogen-bond acceptors (Lipinski definition) is 4. The van der Waals surface area contributed by atoms with Crippen LogP contribution in [0, 0.1) is 18.3 Å². The number of hydrogen-bond donors (Lipinski definition) is 0. The third kappa shape index (κ3) is 2.62. The minimum absolute atomic E-state index is 0.0210. The molecule has 2 heterocycles. The maximum atomic E-state index is 12.9. The lowest BCUT2D eigenvalue weighted by Crippen LogP contribution is -2.31. The Kier molecular flexibility index (Phi) is 4.26. The molecule has 1 aromatic carbocycles. The molecular formula is C18H20N4O2. The largest absolute Gasteiger partial charge is 0.481 e. The summed E-state index contributed by atoms with van der Waals surface area (Å²) in [6.07, 6.45) is 1.84. The Hall–Kier alpha value is -2.81. The van der Waals surface area contributed by atoms with E-state index in [0.29, 0.717) is 23.6 Å². The summed E-state index contributed by atoms with van der Waals surface area (Å²) in [5, 5.41) is 13.3. The van der Waals surface area contributed by atoms with E-state index in [1.165, 1.54) is 0 Å². The van der Waals surface area contributed by atoms with Crippen LogP contribution in [-0.4, -0.2) is 34.2 Å². The van der Waals surface area contributed by atoms with E-state index in [2.05, 4.69) is 11.2 Å². The van der Waals surface area contributed by atoms with Gasteiger partial charge in [-0.25, -0.2) is 4.68 Å². The molecule has 0 N–H and O–H groups in total. The fourth-order valence-corrected chi connectivity index (χ4v) is 3.44. The van der Waals surface area contributed by atoms with Crippen LogP contribution < -0.4 is 4.74 Å². The van der Waals surface area contributed by atoms with Crippen molar-refractivity contribution in [1.82, 2.24) is 14.7 Å². The zero-order valence-electron chi connectivity index (χ0n) is 14.1. The van der Waals surface area contributed by atoms with Crippen molar-refractivity contribution in [2.24, 2.45) is 7.05 Å². The van der Waals surface area contributed by atoms with Crippen molar-refractivity contribution in [1.29, 1.82) is 5.26 Å². The van der Waals surface area contributed by atoms with Gasteiger partial charge >= 0.3 is 0 Å². The van der Waals surface area contributed by atoms with Crippen LogP contribution in [0.5, 0.6) is 5.88 Å². The average molecular weight is 324 g/mol. The minimum Gasteiger partial charge on any atom is -0.481 e. The van der Waals surface area contributed by atoms with Crippen molar-refractivity contribution >= 4 is 5.91 Å². The van der Waals surface area contributed by atoms with E-state index in [1.54, 1.807) is 36.1 Å². The molecule has 0 aliphatic carbocycles. The number of amides is 1. The average Bonchev–Trinajstić information content (AvgIpc) is 3.17. The Morgan fingerprint density at radius 1 is 1.38 bits per heavy atom. The molecule has 6 nitrogen and oxygen atoms in total. The van der Waals surface area contributed by atoms with E-state index in [9.17, 15) is 4.79 Å². The van der Waals surface area contributed by atoms with Crippen molar-refractivity contribution in [2.45, 2.75) is 25.8 Å². The first kappa shape index (κ1) is 16.1. The van der Waals surface area contributed by atoms with Crippen LogP contribution in [0.4, 0.5) is 0 Å². The van der Waals surface area contributed by atoms with E-state index < -0.39 is 0 Å². The lowest BCUT2D eigenvalue weighted by atomic mass is 10.0. The van der Waals surface area contributed by atoms with Crippen LogP contribution in [0.25, 0.3) is 0 Å². The number of carbonyl (C=O) groups excluding carboxylic acids is 1. The molecule has 0 radical (unpaired) electrons. The molecule has 1 amide bonds. The van der Waals surface area contributed by atoms with Crippen molar-refractivity contribution in [3.63, 3.8) is 0 Å². The van der Waals surface area contributed by atoms with E-state index >= 15 is 0 Å². The topological polar surface area (TPSA) is 71.2 Å². The number of likely N-dealkylation sites (tertiary alicyclic amines) is 1. The lowest BCUT2D eigenvalue weighted by molar-refractivity contribution is 0.0733. The molecule has 1 saturated heterocycles. The summed E-state index contributed by atoms with van der Waals surface area (Å²) in [5.74, 6) is 0.685. The van der Waals surface area contributed by atoms with Crippen molar-refractivity contribution in [3.8, 4) is 11.9 Å². The summed E-state index contributed by atoms with van der Waals surface area (Å²) in [6.45, 7) is 2.65. The summed E-state index contributed by atoms with van der Waals surface area (Å²) in [4.78, 5) is 14.8. The number of benzene rings is 1. The molecule has 1 aliphatic rings. The van der Waals surface area contributed by atoms with Crippen LogP contribution >= 0.6 is 0 Å². The van der Waals surface area contributed by atoms with Gasteiger partial charge in [0.15, 0.2) is 0 Å². The molecule has 3 rings (SSSR count). The molecule has 1 fully saturated rings. The van der Waals surface area contributed by atoms with Gasteiger partial charge in [-0.2, -0.15) is 10.4 Å². The number of rotatable bonds is 3. The monoisotopic (exact) mass is 324 g/mol. The fourth-order valence-electron chi connectivity index (χ4n) is 3.44. The smallest absolute Gasteiger partial charge is 0.254 e. The number of aromatic nitrogens is 2. The highest BCUT2D eigenvalue weighted by Crippen LogP contribution is 2.39. The van der Waals surface area contributed by atoms with Gasteiger partial charge in [-0.15, -0.1) is 0 Å². The summed E-state index contributed by atoms with van der Waals surface area (Å²) >= 11 is 0. The molecule has 0 unspecified atom stereocenters. The van der Waals surface area contributed by atoms with E-state index in [0.717, 1.165) is 24.1 Å². The summed E-state index contributed by atoms with van der Waals surface area (Å²) in [6, 6.07) is 8.81. The highest BCUT2D eigenvalue weighted by Gasteiger charge is 2.35. The quantitative estimate of drug-likeness (QED) is 0.870. The molecule has 0 spiro atoms. The number of ether oxygens (including phenoxy) is 1. The second kappa shape index (κ2) is 6.36. The van der Waals surface area contributed by atoms with Gasteiger partial charge in [-0.1, -0.05) is 0 Å². The van der Waals surface area contributed by atoms with E-state index in [4.69, 9.17) is 10.00 Å². The summed E-state index contributed by atoms with van der Waals surface area (Å²) in [7, 11) is 3.47. The van der Waals surface area contributed by atoms with Crippen molar-refractivity contribution in [2.75, 3.05) is 13.7 Å². The molecule has 24 heavy (non-hydrogen) atoms. The van der Waals surface area contributed by atoms with Crippen LogP contribution in [0.1, 0.15) is 46.1 Å². The van der Waals surface area contributed by atoms with Gasteiger partial charge in [0.2, 0.25) is 5.88 Å². The van der Waals surface area contributed by atoms with Gasteiger partial charge in [-0.3, -0.25) is 4.79 Å². The maximum absolute atomic E-state index is 12.9. The lowest BCUT2D eigenvalue weighted by Gasteiger charge is -2.25. The summed E-state index contributed by atoms with van der Waals surface area (Å²) < 4.78 is 7.22. The normalized spacial score (nSPS) is 16.9. The molecule has 0 bridgehead atoms. The van der Waals surface area contributed by atoms with E-state index in [1.807, 2.05) is 18.9 Å². The van der Waals surface area contributed by atoms with Crippen molar-refractivity contribution < 1.29 is 9.53 Å². The zero-order chi connectivity index (χ0) is 17.3. The molecule has 1 atom stereocenters. The van der Waals surface area contributed by atoms with Crippen LogP contribution in [0.15, 0.2) is 24.3 Å². The zero-order valence-corrected chi connectivity index (χ0v) is 14.1. The highest BCUT2D eigenvalue weighted by molar-refractivity contribution is 5.94. The van der Waals surface area contributed by atoms with E-state index in [-0.39, 0.29) is 11.9 Å². The maximum Gasteiger partial charge on any atom is 0.254 e. The predicted molar refractivity (Wildman–Crippen MR) is 88.7 cm³/mol. The number of carbonyl (C=O) groups is 1. The Morgan fingerprint density at radius 3 is 2.71 bits per heavy atom. The molecule has 124 valence electrons. The second-order valence-electron chi connectivity index (χ2n) is 5.98. The molecule has 0 saturated carbocycles. The Balaban J connectivity index is 1.93. The van der Waals surface area contributed by atoms with Crippen LogP contribution in [0.3, 0.4) is 0 Å². The number of methoxy groups -OCH3 is 1. The third-order valence-electron chi connectivity index (χ3n) is 4.52. The highest BCUT2D eigenvalue weighted by atomic mass is 16.5. The number of aryl methyl sites for hydroxylation is 2. The van der Waals surface area contributed by atoms with Crippen LogP contribution in [0.2, 0.25) is 0 Å². The molecule has 2 aromatic rings.